The molecular formula is C14H10N2O3. The number of aromatic nitrogens is 2. The summed E-state index contributed by atoms with van der Waals surface area (Å²) in [6.07, 6.45) is 1.60. The van der Waals surface area contributed by atoms with E-state index in [0.717, 1.165) is 5.56 Å². The quantitative estimate of drug-likeness (QED) is 0.736. The van der Waals surface area contributed by atoms with Crippen LogP contribution < -0.4 is 0 Å². The summed E-state index contributed by atoms with van der Waals surface area (Å²) in [7, 11) is 0. The third-order valence-corrected chi connectivity index (χ3v) is 2.86. The molecule has 0 aliphatic carbocycles. The van der Waals surface area contributed by atoms with Gasteiger partial charge < -0.3 is 10.2 Å². The molecule has 19 heavy (non-hydrogen) atoms. The lowest BCUT2D eigenvalue weighted by Gasteiger charge is -2.01. The lowest BCUT2D eigenvalue weighted by atomic mass is 10.2. The lowest BCUT2D eigenvalue weighted by molar-refractivity contribution is 0.0693. The molecule has 94 valence electrons. The number of carboxylic acid groups (broad SMARTS) is 1. The fraction of sp³-hybridized carbons (Fsp3) is 0. The van der Waals surface area contributed by atoms with Gasteiger partial charge in [-0.3, -0.25) is 4.40 Å². The fourth-order valence-electron chi connectivity index (χ4n) is 2.02. The van der Waals surface area contributed by atoms with Gasteiger partial charge in [-0.25, -0.2) is 9.78 Å². The molecule has 0 aliphatic heterocycles. The van der Waals surface area contributed by atoms with Gasteiger partial charge >= 0.3 is 5.97 Å². The van der Waals surface area contributed by atoms with Crippen molar-refractivity contribution >= 4 is 11.5 Å². The molecule has 0 bridgehead atoms. The van der Waals surface area contributed by atoms with Crippen molar-refractivity contribution in [2.24, 2.45) is 0 Å². The van der Waals surface area contributed by atoms with Crippen LogP contribution in [0.25, 0.3) is 16.9 Å². The van der Waals surface area contributed by atoms with Crippen molar-refractivity contribution in [1.82, 2.24) is 9.38 Å². The first-order chi connectivity index (χ1) is 9.16. The van der Waals surface area contributed by atoms with E-state index in [1.165, 1.54) is 12.1 Å². The van der Waals surface area contributed by atoms with E-state index in [-0.39, 0.29) is 11.4 Å². The van der Waals surface area contributed by atoms with Crippen molar-refractivity contribution in [1.29, 1.82) is 0 Å². The minimum Gasteiger partial charge on any atom is -0.508 e. The zero-order valence-electron chi connectivity index (χ0n) is 9.82. The number of rotatable bonds is 2. The summed E-state index contributed by atoms with van der Waals surface area (Å²) in [5.74, 6) is -0.576. The first kappa shape index (κ1) is 11.3. The van der Waals surface area contributed by atoms with Gasteiger partial charge in [0.2, 0.25) is 0 Å². The average Bonchev–Trinajstić information content (AvgIpc) is 2.78. The number of nitrogens with zero attached hydrogens (tertiary/aromatic N) is 2. The Morgan fingerprint density at radius 3 is 2.58 bits per heavy atom. The standard InChI is InChI=1S/C14H10N2O3/c17-10-6-7-16-11(8-10)12(14(18)19)15-13(16)9-4-2-1-3-5-9/h1-8,17H,(H,18,19). The van der Waals surface area contributed by atoms with Crippen LogP contribution in [0.1, 0.15) is 10.5 Å². The molecule has 0 aliphatic rings. The summed E-state index contributed by atoms with van der Waals surface area (Å²) in [6, 6.07) is 12.2. The summed E-state index contributed by atoms with van der Waals surface area (Å²) in [6.45, 7) is 0. The number of hydrogen-bond acceptors (Lipinski definition) is 3. The van der Waals surface area contributed by atoms with Gasteiger partial charge in [0.15, 0.2) is 5.69 Å². The highest BCUT2D eigenvalue weighted by Crippen LogP contribution is 2.25. The third kappa shape index (κ3) is 1.81. The summed E-state index contributed by atoms with van der Waals surface area (Å²) >= 11 is 0. The minimum absolute atomic E-state index is 0.00881. The molecule has 3 rings (SSSR count). The number of carbonyl (C=O) groups is 1. The maximum Gasteiger partial charge on any atom is 0.356 e. The molecule has 2 heterocycles. The summed E-state index contributed by atoms with van der Waals surface area (Å²) in [5, 5.41) is 18.7. The molecule has 3 aromatic rings. The van der Waals surface area contributed by atoms with E-state index in [1.54, 1.807) is 10.6 Å². The van der Waals surface area contributed by atoms with Gasteiger partial charge in [-0.1, -0.05) is 30.3 Å². The Morgan fingerprint density at radius 1 is 1.16 bits per heavy atom. The van der Waals surface area contributed by atoms with E-state index in [9.17, 15) is 15.0 Å². The van der Waals surface area contributed by atoms with Crippen LogP contribution in [0.5, 0.6) is 5.75 Å². The maximum atomic E-state index is 11.2. The Morgan fingerprint density at radius 2 is 1.89 bits per heavy atom. The second-order valence-electron chi connectivity index (χ2n) is 4.10. The highest BCUT2D eigenvalue weighted by Gasteiger charge is 2.17. The molecule has 0 atom stereocenters. The number of hydrogen-bond donors (Lipinski definition) is 2. The zero-order valence-corrected chi connectivity index (χ0v) is 9.82. The van der Waals surface area contributed by atoms with Gasteiger partial charge in [0.05, 0.1) is 5.52 Å². The van der Waals surface area contributed by atoms with Crippen LogP contribution in [0, 0.1) is 0 Å². The van der Waals surface area contributed by atoms with Gasteiger partial charge in [0.25, 0.3) is 0 Å². The molecule has 2 N–H and O–H groups in total. The van der Waals surface area contributed by atoms with Gasteiger partial charge in [0.1, 0.15) is 11.6 Å². The maximum absolute atomic E-state index is 11.2. The first-order valence-corrected chi connectivity index (χ1v) is 5.66. The normalized spacial score (nSPS) is 10.7. The van der Waals surface area contributed by atoms with Crippen LogP contribution in [-0.4, -0.2) is 25.6 Å². The van der Waals surface area contributed by atoms with Crippen molar-refractivity contribution < 1.29 is 15.0 Å². The number of imidazole rings is 1. The molecule has 0 radical (unpaired) electrons. The van der Waals surface area contributed by atoms with E-state index in [1.807, 2.05) is 30.3 Å². The van der Waals surface area contributed by atoms with E-state index >= 15 is 0 Å². The monoisotopic (exact) mass is 254 g/mol. The van der Waals surface area contributed by atoms with Crippen molar-refractivity contribution in [2.45, 2.75) is 0 Å². The summed E-state index contributed by atoms with van der Waals surface area (Å²) in [5.41, 5.74) is 1.11. The molecule has 2 aromatic heterocycles. The van der Waals surface area contributed by atoms with E-state index in [4.69, 9.17) is 0 Å². The largest absolute Gasteiger partial charge is 0.508 e. The van der Waals surface area contributed by atoms with Gasteiger partial charge in [-0.2, -0.15) is 0 Å². The minimum atomic E-state index is -1.12. The third-order valence-electron chi connectivity index (χ3n) is 2.86. The Labute approximate surface area is 108 Å². The number of aromatic carboxylic acids is 1. The summed E-state index contributed by atoms with van der Waals surface area (Å²) < 4.78 is 1.65. The average molecular weight is 254 g/mol. The Bertz CT molecular complexity index is 763. The molecule has 0 saturated heterocycles. The highest BCUT2D eigenvalue weighted by molar-refractivity contribution is 5.95. The zero-order chi connectivity index (χ0) is 13.4. The number of benzene rings is 1. The molecule has 5 nitrogen and oxygen atoms in total. The van der Waals surface area contributed by atoms with Crippen LogP contribution in [0.3, 0.4) is 0 Å². The van der Waals surface area contributed by atoms with Gasteiger partial charge in [-0.15, -0.1) is 0 Å². The van der Waals surface area contributed by atoms with Crippen molar-refractivity contribution in [3.63, 3.8) is 0 Å². The van der Waals surface area contributed by atoms with Crippen LogP contribution in [0.15, 0.2) is 48.7 Å². The van der Waals surface area contributed by atoms with E-state index in [2.05, 4.69) is 4.98 Å². The molecule has 0 amide bonds. The smallest absolute Gasteiger partial charge is 0.356 e. The second kappa shape index (κ2) is 4.13. The van der Waals surface area contributed by atoms with E-state index < -0.39 is 5.97 Å². The predicted molar refractivity (Wildman–Crippen MR) is 69.3 cm³/mol. The highest BCUT2D eigenvalue weighted by atomic mass is 16.4. The van der Waals surface area contributed by atoms with Crippen molar-refractivity contribution in [3.05, 3.63) is 54.4 Å². The molecule has 1 aromatic carbocycles. The Hall–Kier alpha value is -2.82. The van der Waals surface area contributed by atoms with Crippen molar-refractivity contribution in [2.75, 3.05) is 0 Å². The van der Waals surface area contributed by atoms with Crippen molar-refractivity contribution in [3.8, 4) is 17.1 Å². The number of aromatic hydroxyl groups is 1. The number of fused-ring (bicyclic) bond motifs is 1. The van der Waals surface area contributed by atoms with Crippen LogP contribution in [-0.2, 0) is 0 Å². The van der Waals surface area contributed by atoms with Crippen LogP contribution >= 0.6 is 0 Å². The molecule has 5 heteroatoms. The predicted octanol–water partition coefficient (Wildman–Crippen LogP) is 2.41. The molecule has 0 saturated carbocycles. The topological polar surface area (TPSA) is 74.8 Å². The summed E-state index contributed by atoms with van der Waals surface area (Å²) in [4.78, 5) is 15.4. The Balaban J connectivity index is 2.35. The van der Waals surface area contributed by atoms with Crippen LogP contribution in [0.2, 0.25) is 0 Å². The SMILES string of the molecule is O=C(O)c1nc(-c2ccccc2)n2ccc(O)cc12. The fourth-order valence-corrected chi connectivity index (χ4v) is 2.02. The molecule has 0 unspecified atom stereocenters. The first-order valence-electron chi connectivity index (χ1n) is 5.66. The second-order valence-corrected chi connectivity index (χ2v) is 4.10. The molecular weight excluding hydrogens is 244 g/mol. The van der Waals surface area contributed by atoms with Gasteiger partial charge in [0, 0.05) is 17.8 Å². The molecule has 0 spiro atoms. The lowest BCUT2D eigenvalue weighted by Crippen LogP contribution is -1.97. The van der Waals surface area contributed by atoms with Gasteiger partial charge in [-0.05, 0) is 6.07 Å². The van der Waals surface area contributed by atoms with Crippen LogP contribution in [0.4, 0.5) is 0 Å². The number of pyridine rings is 1. The molecule has 0 fully saturated rings. The Kier molecular flexibility index (Phi) is 2.45. The van der Waals surface area contributed by atoms with E-state index in [0.29, 0.717) is 11.3 Å². The number of carboxylic acids is 1.